The van der Waals surface area contributed by atoms with Gasteiger partial charge in [-0.15, -0.1) is 0 Å². The maximum atomic E-state index is 10.2. The second-order valence-electron chi connectivity index (χ2n) is 5.85. The molecule has 2 atom stereocenters. The van der Waals surface area contributed by atoms with Gasteiger partial charge in [-0.3, -0.25) is 9.58 Å². The van der Waals surface area contributed by atoms with Crippen LogP contribution in [-0.2, 0) is 18.4 Å². The molecule has 1 fully saturated rings. The summed E-state index contributed by atoms with van der Waals surface area (Å²) < 4.78 is 12.5. The summed E-state index contributed by atoms with van der Waals surface area (Å²) in [4.78, 5) is 2.32. The monoisotopic (exact) mass is 305 g/mol. The Balaban J connectivity index is 1.46. The van der Waals surface area contributed by atoms with Gasteiger partial charge >= 0.3 is 0 Å². The van der Waals surface area contributed by atoms with E-state index in [1.165, 1.54) is 5.56 Å². The van der Waals surface area contributed by atoms with Crippen molar-refractivity contribution >= 4 is 0 Å². The summed E-state index contributed by atoms with van der Waals surface area (Å²) in [7, 11) is 1.93. The van der Waals surface area contributed by atoms with Crippen LogP contribution in [0.25, 0.3) is 0 Å². The number of aliphatic hydroxyl groups is 1. The Hall–Kier alpha value is -1.63. The Labute approximate surface area is 130 Å². The molecule has 3 heterocycles. The number of likely N-dealkylation sites (tertiary alicyclic amines) is 1. The maximum Gasteiger partial charge on any atom is 0.129 e. The number of hydrogen-bond donors (Lipinski definition) is 1. The zero-order valence-electron chi connectivity index (χ0n) is 12.9. The average molecular weight is 305 g/mol. The molecule has 0 unspecified atom stereocenters. The summed E-state index contributed by atoms with van der Waals surface area (Å²) in [5, 5.41) is 14.4. The number of nitrogens with zero attached hydrogens (tertiary/aromatic N) is 3. The number of aryl methyl sites for hydroxylation is 1. The van der Waals surface area contributed by atoms with E-state index < -0.39 is 6.10 Å². The number of hydrogen-bond acceptors (Lipinski definition) is 5. The van der Waals surface area contributed by atoms with Gasteiger partial charge in [0.25, 0.3) is 0 Å². The zero-order chi connectivity index (χ0) is 15.4. The molecule has 1 N–H and O–H groups in total. The summed E-state index contributed by atoms with van der Waals surface area (Å²) in [6.07, 6.45) is 7.38. The molecule has 120 valence electrons. The van der Waals surface area contributed by atoms with Crippen LogP contribution in [0.4, 0.5) is 0 Å². The molecule has 0 bridgehead atoms. The van der Waals surface area contributed by atoms with E-state index in [4.69, 9.17) is 9.15 Å². The molecule has 0 aliphatic carbocycles. The number of aromatic nitrogens is 2. The van der Waals surface area contributed by atoms with Crippen LogP contribution < -0.4 is 0 Å². The molecule has 6 nitrogen and oxygen atoms in total. The Kier molecular flexibility index (Phi) is 4.92. The predicted molar refractivity (Wildman–Crippen MR) is 81.1 cm³/mol. The summed E-state index contributed by atoms with van der Waals surface area (Å²) >= 11 is 0. The molecule has 1 saturated heterocycles. The summed E-state index contributed by atoms with van der Waals surface area (Å²) in [6.45, 7) is 2.35. The van der Waals surface area contributed by atoms with Crippen LogP contribution in [-0.4, -0.2) is 45.6 Å². The lowest BCUT2D eigenvalue weighted by atomic mass is 10.1. The van der Waals surface area contributed by atoms with Gasteiger partial charge in [-0.1, -0.05) is 0 Å². The summed E-state index contributed by atoms with van der Waals surface area (Å²) in [6, 6.07) is 4.05. The van der Waals surface area contributed by atoms with E-state index in [1.807, 2.05) is 30.1 Å². The van der Waals surface area contributed by atoms with E-state index in [9.17, 15) is 5.11 Å². The minimum Gasteiger partial charge on any atom is -0.467 e. The van der Waals surface area contributed by atoms with Gasteiger partial charge in [0.2, 0.25) is 0 Å². The fraction of sp³-hybridized carbons (Fsp3) is 0.562. The Bertz CT molecular complexity index is 567. The van der Waals surface area contributed by atoms with Crippen LogP contribution >= 0.6 is 0 Å². The molecule has 22 heavy (non-hydrogen) atoms. The molecule has 0 amide bonds. The third-order valence-corrected chi connectivity index (χ3v) is 4.05. The molecule has 0 radical (unpaired) electrons. The standard InChI is InChI=1S/C16H23N3O3/c1-18-9-13(8-17-18)16-5-2-6-19(16)10-14(20)11-21-12-15-4-3-7-22-15/h3-4,7-9,14,16,20H,2,5-6,10-12H2,1H3/t14-,16-/m0/s1. The van der Waals surface area contributed by atoms with E-state index in [0.717, 1.165) is 25.1 Å². The quantitative estimate of drug-likeness (QED) is 0.844. The number of furan rings is 1. The van der Waals surface area contributed by atoms with Crippen molar-refractivity contribution in [1.29, 1.82) is 0 Å². The van der Waals surface area contributed by atoms with Crippen LogP contribution in [0.3, 0.4) is 0 Å². The second kappa shape index (κ2) is 7.09. The molecule has 0 saturated carbocycles. The second-order valence-corrected chi connectivity index (χ2v) is 5.85. The highest BCUT2D eigenvalue weighted by Crippen LogP contribution is 2.31. The van der Waals surface area contributed by atoms with Gasteiger partial charge in [-0.05, 0) is 31.5 Å². The third kappa shape index (κ3) is 3.76. The summed E-state index contributed by atoms with van der Waals surface area (Å²) in [5.41, 5.74) is 1.23. The lowest BCUT2D eigenvalue weighted by Crippen LogP contribution is -2.34. The third-order valence-electron chi connectivity index (χ3n) is 4.05. The van der Waals surface area contributed by atoms with Crippen molar-refractivity contribution in [2.75, 3.05) is 19.7 Å². The number of β-amino-alcohol motifs (C(OH)–C–C–N with tert-alkyl or cyclic N) is 1. The van der Waals surface area contributed by atoms with Crippen molar-refractivity contribution in [3.8, 4) is 0 Å². The fourth-order valence-corrected chi connectivity index (χ4v) is 3.05. The number of aliphatic hydroxyl groups excluding tert-OH is 1. The Morgan fingerprint density at radius 3 is 3.18 bits per heavy atom. The van der Waals surface area contributed by atoms with Crippen molar-refractivity contribution in [2.24, 2.45) is 7.05 Å². The molecule has 1 aliphatic rings. The van der Waals surface area contributed by atoms with E-state index in [1.54, 1.807) is 6.26 Å². The molecule has 2 aromatic heterocycles. The van der Waals surface area contributed by atoms with Gasteiger partial charge in [0.05, 0.1) is 25.2 Å². The van der Waals surface area contributed by atoms with Crippen LogP contribution in [0, 0.1) is 0 Å². The van der Waals surface area contributed by atoms with Gasteiger partial charge in [0, 0.05) is 31.4 Å². The van der Waals surface area contributed by atoms with Crippen LogP contribution in [0.15, 0.2) is 35.2 Å². The van der Waals surface area contributed by atoms with Gasteiger partial charge in [-0.25, -0.2) is 0 Å². The van der Waals surface area contributed by atoms with Gasteiger partial charge in [0.15, 0.2) is 0 Å². The van der Waals surface area contributed by atoms with Crippen molar-refractivity contribution in [3.63, 3.8) is 0 Å². The molecule has 1 aliphatic heterocycles. The van der Waals surface area contributed by atoms with E-state index in [0.29, 0.717) is 25.8 Å². The Morgan fingerprint density at radius 2 is 2.45 bits per heavy atom. The van der Waals surface area contributed by atoms with Gasteiger partial charge in [0.1, 0.15) is 12.4 Å². The molecule has 0 spiro atoms. The molecule has 3 rings (SSSR count). The fourth-order valence-electron chi connectivity index (χ4n) is 3.05. The minimum atomic E-state index is -0.493. The summed E-state index contributed by atoms with van der Waals surface area (Å²) in [5.74, 6) is 0.779. The molecule has 2 aromatic rings. The first kappa shape index (κ1) is 15.3. The van der Waals surface area contributed by atoms with Crippen molar-refractivity contribution in [3.05, 3.63) is 42.1 Å². The van der Waals surface area contributed by atoms with Crippen molar-refractivity contribution < 1.29 is 14.3 Å². The molecule has 6 heteroatoms. The van der Waals surface area contributed by atoms with Crippen LogP contribution in [0.2, 0.25) is 0 Å². The first-order valence-electron chi connectivity index (χ1n) is 7.73. The highest BCUT2D eigenvalue weighted by atomic mass is 16.5. The van der Waals surface area contributed by atoms with E-state index >= 15 is 0 Å². The highest BCUT2D eigenvalue weighted by molar-refractivity contribution is 5.12. The van der Waals surface area contributed by atoms with Gasteiger partial charge < -0.3 is 14.3 Å². The lowest BCUT2D eigenvalue weighted by Gasteiger charge is -2.26. The van der Waals surface area contributed by atoms with Gasteiger partial charge in [-0.2, -0.15) is 5.10 Å². The zero-order valence-corrected chi connectivity index (χ0v) is 12.9. The maximum absolute atomic E-state index is 10.2. The topological polar surface area (TPSA) is 63.7 Å². The van der Waals surface area contributed by atoms with Crippen LogP contribution in [0.1, 0.15) is 30.2 Å². The van der Waals surface area contributed by atoms with Crippen molar-refractivity contribution in [2.45, 2.75) is 31.6 Å². The molecular weight excluding hydrogens is 282 g/mol. The van der Waals surface area contributed by atoms with E-state index in [-0.39, 0.29) is 0 Å². The average Bonchev–Trinajstić information content (AvgIpc) is 3.20. The highest BCUT2D eigenvalue weighted by Gasteiger charge is 2.28. The smallest absolute Gasteiger partial charge is 0.129 e. The van der Waals surface area contributed by atoms with Crippen LogP contribution in [0.5, 0.6) is 0 Å². The molecule has 0 aromatic carbocycles. The lowest BCUT2D eigenvalue weighted by molar-refractivity contribution is 0.00308. The predicted octanol–water partition coefficient (Wildman–Crippen LogP) is 1.73. The normalized spacial score (nSPS) is 20.5. The van der Waals surface area contributed by atoms with E-state index in [2.05, 4.69) is 16.2 Å². The first-order chi connectivity index (χ1) is 10.7. The SMILES string of the molecule is Cn1cc([C@@H]2CCCN2C[C@H](O)COCc2ccco2)cn1. The number of rotatable bonds is 7. The minimum absolute atomic E-state index is 0.316. The molecular formula is C16H23N3O3. The Morgan fingerprint density at radius 1 is 1.55 bits per heavy atom. The largest absolute Gasteiger partial charge is 0.467 e. The number of ether oxygens (including phenoxy) is 1. The van der Waals surface area contributed by atoms with Crippen molar-refractivity contribution in [1.82, 2.24) is 14.7 Å². The first-order valence-corrected chi connectivity index (χ1v) is 7.73.